The van der Waals surface area contributed by atoms with Crippen LogP contribution < -0.4 is 11.1 Å². The minimum Gasteiger partial charge on any atom is -0.355 e. The molecule has 0 spiro atoms. The van der Waals surface area contributed by atoms with E-state index in [1.54, 1.807) is 0 Å². The molecular weight excluding hydrogens is 224 g/mol. The van der Waals surface area contributed by atoms with Gasteiger partial charge in [0.25, 0.3) is 0 Å². The highest BCUT2D eigenvalue weighted by Gasteiger charge is 2.37. The van der Waals surface area contributed by atoms with Gasteiger partial charge < -0.3 is 11.1 Å². The van der Waals surface area contributed by atoms with E-state index in [0.717, 1.165) is 25.8 Å². The first-order chi connectivity index (χ1) is 8.28. The lowest BCUT2D eigenvalue weighted by Crippen LogP contribution is -2.44. The summed E-state index contributed by atoms with van der Waals surface area (Å²) in [6.07, 6.45) is 5.60. The van der Waals surface area contributed by atoms with Crippen molar-refractivity contribution < 1.29 is 4.79 Å². The van der Waals surface area contributed by atoms with E-state index in [4.69, 9.17) is 5.73 Å². The minimum absolute atomic E-state index is 0.100. The summed E-state index contributed by atoms with van der Waals surface area (Å²) < 4.78 is 0. The van der Waals surface area contributed by atoms with Crippen LogP contribution in [0.1, 0.15) is 59.8 Å². The van der Waals surface area contributed by atoms with Crippen LogP contribution in [0.3, 0.4) is 0 Å². The van der Waals surface area contributed by atoms with Crippen LogP contribution in [0.25, 0.3) is 0 Å². The lowest BCUT2D eigenvalue weighted by atomic mass is 9.68. The lowest BCUT2D eigenvalue weighted by molar-refractivity contribution is -0.130. The van der Waals surface area contributed by atoms with Gasteiger partial charge in [0.2, 0.25) is 5.91 Å². The van der Waals surface area contributed by atoms with Crippen molar-refractivity contribution in [2.45, 2.75) is 59.8 Å². The van der Waals surface area contributed by atoms with Crippen LogP contribution in [-0.4, -0.2) is 19.0 Å². The van der Waals surface area contributed by atoms with Crippen molar-refractivity contribution in [2.24, 2.45) is 22.5 Å². The molecule has 3 N–H and O–H groups in total. The second kappa shape index (κ2) is 6.05. The number of carbonyl (C=O) groups excluding carboxylic acids is 1. The Hall–Kier alpha value is -0.570. The molecule has 1 aliphatic rings. The summed E-state index contributed by atoms with van der Waals surface area (Å²) in [5, 5.41) is 3.14. The zero-order valence-electron chi connectivity index (χ0n) is 12.5. The lowest BCUT2D eigenvalue weighted by Gasteiger charge is -2.38. The maximum Gasteiger partial charge on any atom is 0.223 e. The van der Waals surface area contributed by atoms with E-state index >= 15 is 0 Å². The standard InChI is InChI=1S/C15H30N2O/c1-14(2,9-10-16)11-17-13(18)12-7-5-6-8-15(12,3)4/h12H,5-11,16H2,1-4H3,(H,17,18). The highest BCUT2D eigenvalue weighted by molar-refractivity contribution is 5.79. The molecule has 0 aromatic heterocycles. The third-order valence-electron chi connectivity index (χ3n) is 4.39. The molecule has 1 saturated carbocycles. The summed E-state index contributed by atoms with van der Waals surface area (Å²) >= 11 is 0. The monoisotopic (exact) mass is 254 g/mol. The van der Waals surface area contributed by atoms with Gasteiger partial charge in [0, 0.05) is 12.5 Å². The molecule has 0 aromatic carbocycles. The summed E-state index contributed by atoms with van der Waals surface area (Å²) in [5.41, 5.74) is 5.85. The van der Waals surface area contributed by atoms with Gasteiger partial charge in [-0.1, -0.05) is 40.5 Å². The molecule has 1 amide bonds. The van der Waals surface area contributed by atoms with Gasteiger partial charge in [0.15, 0.2) is 0 Å². The molecule has 0 aliphatic heterocycles. The minimum atomic E-state index is 0.100. The van der Waals surface area contributed by atoms with E-state index in [-0.39, 0.29) is 22.7 Å². The molecule has 0 aromatic rings. The highest BCUT2D eigenvalue weighted by Crippen LogP contribution is 2.40. The van der Waals surface area contributed by atoms with E-state index in [2.05, 4.69) is 33.0 Å². The first-order valence-electron chi connectivity index (χ1n) is 7.26. The number of hydrogen-bond acceptors (Lipinski definition) is 2. The number of carbonyl (C=O) groups is 1. The molecule has 3 heteroatoms. The second-order valence-corrected chi connectivity index (χ2v) is 7.21. The molecule has 1 unspecified atom stereocenters. The van der Waals surface area contributed by atoms with E-state index in [9.17, 15) is 4.79 Å². The molecule has 106 valence electrons. The van der Waals surface area contributed by atoms with E-state index < -0.39 is 0 Å². The zero-order valence-corrected chi connectivity index (χ0v) is 12.5. The fraction of sp³-hybridized carbons (Fsp3) is 0.933. The van der Waals surface area contributed by atoms with Crippen molar-refractivity contribution in [1.29, 1.82) is 0 Å². The van der Waals surface area contributed by atoms with Crippen LogP contribution in [0.15, 0.2) is 0 Å². The van der Waals surface area contributed by atoms with Crippen LogP contribution in [-0.2, 0) is 4.79 Å². The fourth-order valence-corrected chi connectivity index (χ4v) is 2.91. The molecule has 0 heterocycles. The number of rotatable bonds is 5. The summed E-state index contributed by atoms with van der Waals surface area (Å²) in [6, 6.07) is 0. The number of hydrogen-bond donors (Lipinski definition) is 2. The quantitative estimate of drug-likeness (QED) is 0.792. The molecule has 0 saturated heterocycles. The Bertz CT molecular complexity index is 284. The summed E-state index contributed by atoms with van der Waals surface area (Å²) in [7, 11) is 0. The molecule has 1 aliphatic carbocycles. The Morgan fingerprint density at radius 2 is 2.06 bits per heavy atom. The maximum absolute atomic E-state index is 12.3. The van der Waals surface area contributed by atoms with Gasteiger partial charge in [0.05, 0.1) is 0 Å². The Morgan fingerprint density at radius 3 is 2.61 bits per heavy atom. The SMILES string of the molecule is CC(C)(CCN)CNC(=O)C1CCCCC1(C)C. The van der Waals surface area contributed by atoms with E-state index in [0.29, 0.717) is 6.54 Å². The molecule has 0 bridgehead atoms. The van der Waals surface area contributed by atoms with Crippen molar-refractivity contribution in [3.05, 3.63) is 0 Å². The third kappa shape index (κ3) is 4.27. The summed E-state index contributed by atoms with van der Waals surface area (Å²) in [6.45, 7) is 10.2. The maximum atomic E-state index is 12.3. The first kappa shape index (κ1) is 15.5. The smallest absolute Gasteiger partial charge is 0.223 e. The molecule has 3 nitrogen and oxygen atoms in total. The van der Waals surface area contributed by atoms with Crippen molar-refractivity contribution in [1.82, 2.24) is 5.32 Å². The van der Waals surface area contributed by atoms with Gasteiger partial charge in [0.1, 0.15) is 0 Å². The fourth-order valence-electron chi connectivity index (χ4n) is 2.91. The van der Waals surface area contributed by atoms with Gasteiger partial charge >= 0.3 is 0 Å². The average Bonchev–Trinajstić information content (AvgIpc) is 2.25. The molecule has 1 rings (SSSR count). The number of amides is 1. The number of nitrogens with two attached hydrogens (primary N) is 1. The van der Waals surface area contributed by atoms with Crippen molar-refractivity contribution in [2.75, 3.05) is 13.1 Å². The molecule has 1 fully saturated rings. The van der Waals surface area contributed by atoms with Gasteiger partial charge in [-0.25, -0.2) is 0 Å². The second-order valence-electron chi connectivity index (χ2n) is 7.21. The van der Waals surface area contributed by atoms with E-state index in [1.807, 2.05) is 0 Å². The summed E-state index contributed by atoms with van der Waals surface area (Å²) in [4.78, 5) is 12.3. The molecular formula is C15H30N2O. The van der Waals surface area contributed by atoms with Crippen molar-refractivity contribution in [3.63, 3.8) is 0 Å². The normalized spacial score (nSPS) is 23.7. The van der Waals surface area contributed by atoms with Gasteiger partial charge in [-0.15, -0.1) is 0 Å². The first-order valence-corrected chi connectivity index (χ1v) is 7.26. The highest BCUT2D eigenvalue weighted by atomic mass is 16.1. The van der Waals surface area contributed by atoms with Crippen LogP contribution in [0.2, 0.25) is 0 Å². The zero-order chi connectivity index (χ0) is 13.8. The largest absolute Gasteiger partial charge is 0.355 e. The van der Waals surface area contributed by atoms with E-state index in [1.165, 1.54) is 12.8 Å². The topological polar surface area (TPSA) is 55.1 Å². The average molecular weight is 254 g/mol. The van der Waals surface area contributed by atoms with Crippen molar-refractivity contribution >= 4 is 5.91 Å². The van der Waals surface area contributed by atoms with Crippen LogP contribution >= 0.6 is 0 Å². The number of nitrogens with one attached hydrogen (secondary N) is 1. The van der Waals surface area contributed by atoms with Crippen molar-refractivity contribution in [3.8, 4) is 0 Å². The third-order valence-corrected chi connectivity index (χ3v) is 4.39. The predicted molar refractivity (Wildman–Crippen MR) is 76.2 cm³/mol. The van der Waals surface area contributed by atoms with Crippen LogP contribution in [0.5, 0.6) is 0 Å². The molecule has 1 atom stereocenters. The Morgan fingerprint density at radius 1 is 1.39 bits per heavy atom. The van der Waals surface area contributed by atoms with Gasteiger partial charge in [-0.2, -0.15) is 0 Å². The van der Waals surface area contributed by atoms with Gasteiger partial charge in [-0.05, 0) is 36.6 Å². The Labute approximate surface area is 112 Å². The van der Waals surface area contributed by atoms with Crippen LogP contribution in [0.4, 0.5) is 0 Å². The van der Waals surface area contributed by atoms with Crippen LogP contribution in [0, 0.1) is 16.7 Å². The molecule has 18 heavy (non-hydrogen) atoms. The Kier molecular flexibility index (Phi) is 5.20. The molecule has 0 radical (unpaired) electrons. The van der Waals surface area contributed by atoms with Gasteiger partial charge in [-0.3, -0.25) is 4.79 Å². The Balaban J connectivity index is 2.50. The summed E-state index contributed by atoms with van der Waals surface area (Å²) in [5.74, 6) is 0.421. The predicted octanol–water partition coefficient (Wildman–Crippen LogP) is 2.69.